The Bertz CT molecular complexity index is 210. The van der Waals surface area contributed by atoms with Crippen LogP contribution in [0.2, 0.25) is 0 Å². The maximum Gasteiger partial charge on any atom is 0.220 e. The van der Waals surface area contributed by atoms with Gasteiger partial charge in [0.2, 0.25) is 5.91 Å². The Morgan fingerprint density at radius 3 is 2.56 bits per heavy atom. The predicted octanol–water partition coefficient (Wildman–Crippen LogP) is 2.06. The number of amides is 1. The predicted molar refractivity (Wildman–Crippen MR) is 67.0 cm³/mol. The van der Waals surface area contributed by atoms with Crippen molar-refractivity contribution in [3.8, 4) is 0 Å². The van der Waals surface area contributed by atoms with Gasteiger partial charge < -0.3 is 11.1 Å². The molecule has 0 aromatic heterocycles. The van der Waals surface area contributed by atoms with Gasteiger partial charge in [-0.2, -0.15) is 0 Å². The summed E-state index contributed by atoms with van der Waals surface area (Å²) in [6, 6.07) is 0.374. The fraction of sp³-hybridized carbons (Fsp3) is 0.923. The fourth-order valence-electron chi connectivity index (χ4n) is 2.16. The van der Waals surface area contributed by atoms with E-state index in [-0.39, 0.29) is 5.91 Å². The second-order valence-electron chi connectivity index (χ2n) is 5.30. The minimum Gasteiger partial charge on any atom is -0.356 e. The number of nitrogens with two attached hydrogens (primary N) is 1. The summed E-state index contributed by atoms with van der Waals surface area (Å²) in [7, 11) is 0. The van der Waals surface area contributed by atoms with Gasteiger partial charge in [-0.25, -0.2) is 0 Å². The molecular weight excluding hydrogens is 200 g/mol. The molecule has 0 aromatic carbocycles. The highest BCUT2D eigenvalue weighted by atomic mass is 16.1. The Hall–Kier alpha value is -0.570. The summed E-state index contributed by atoms with van der Waals surface area (Å²) < 4.78 is 0. The number of carbonyl (C=O) groups is 1. The highest BCUT2D eigenvalue weighted by Crippen LogP contribution is 2.25. The molecule has 1 amide bonds. The monoisotopic (exact) mass is 226 g/mol. The average Bonchev–Trinajstić information content (AvgIpc) is 2.29. The number of nitrogens with one attached hydrogen (secondary N) is 1. The van der Waals surface area contributed by atoms with E-state index in [0.717, 1.165) is 38.6 Å². The van der Waals surface area contributed by atoms with Gasteiger partial charge in [0.25, 0.3) is 0 Å². The third-order valence-electron chi connectivity index (χ3n) is 3.71. The Morgan fingerprint density at radius 2 is 2.00 bits per heavy atom. The fourth-order valence-corrected chi connectivity index (χ4v) is 2.16. The molecule has 1 aliphatic carbocycles. The smallest absolute Gasteiger partial charge is 0.220 e. The SMILES string of the molecule is CCC(C)CNC(=O)CC1CCC(N)CC1. The number of rotatable bonds is 5. The zero-order chi connectivity index (χ0) is 12.0. The van der Waals surface area contributed by atoms with Gasteiger partial charge in [-0.05, 0) is 37.5 Å². The lowest BCUT2D eigenvalue weighted by Gasteiger charge is -2.25. The van der Waals surface area contributed by atoms with Crippen molar-refractivity contribution in [3.63, 3.8) is 0 Å². The molecule has 0 heterocycles. The van der Waals surface area contributed by atoms with Crippen LogP contribution in [0.5, 0.6) is 0 Å². The number of hydrogen-bond acceptors (Lipinski definition) is 2. The lowest BCUT2D eigenvalue weighted by molar-refractivity contribution is -0.122. The van der Waals surface area contributed by atoms with E-state index >= 15 is 0 Å². The standard InChI is InChI=1S/C13H26N2O/c1-3-10(2)9-15-13(16)8-11-4-6-12(14)7-5-11/h10-12H,3-9,14H2,1-2H3,(H,15,16). The van der Waals surface area contributed by atoms with Gasteiger partial charge in [-0.3, -0.25) is 4.79 Å². The van der Waals surface area contributed by atoms with E-state index in [4.69, 9.17) is 5.73 Å². The maximum absolute atomic E-state index is 11.7. The van der Waals surface area contributed by atoms with Crippen molar-refractivity contribution in [1.82, 2.24) is 5.32 Å². The third-order valence-corrected chi connectivity index (χ3v) is 3.71. The molecule has 3 nitrogen and oxygen atoms in total. The molecule has 16 heavy (non-hydrogen) atoms. The number of hydrogen-bond donors (Lipinski definition) is 2. The van der Waals surface area contributed by atoms with Gasteiger partial charge in [0.15, 0.2) is 0 Å². The van der Waals surface area contributed by atoms with Gasteiger partial charge >= 0.3 is 0 Å². The first-order valence-electron chi connectivity index (χ1n) is 6.64. The molecule has 3 N–H and O–H groups in total. The summed E-state index contributed by atoms with van der Waals surface area (Å²) in [5.41, 5.74) is 5.84. The van der Waals surface area contributed by atoms with Crippen LogP contribution in [0.3, 0.4) is 0 Å². The first kappa shape index (κ1) is 13.5. The van der Waals surface area contributed by atoms with Crippen molar-refractivity contribution >= 4 is 5.91 Å². The molecule has 1 fully saturated rings. The third kappa shape index (κ3) is 4.97. The average molecular weight is 226 g/mol. The molecule has 0 aliphatic heterocycles. The minimum absolute atomic E-state index is 0.223. The first-order valence-corrected chi connectivity index (χ1v) is 6.64. The molecule has 1 atom stereocenters. The summed E-state index contributed by atoms with van der Waals surface area (Å²) in [6.07, 6.45) is 6.24. The van der Waals surface area contributed by atoms with Gasteiger partial charge in [0.05, 0.1) is 0 Å². The van der Waals surface area contributed by atoms with Crippen molar-refractivity contribution in [1.29, 1.82) is 0 Å². The largest absolute Gasteiger partial charge is 0.356 e. The van der Waals surface area contributed by atoms with Crippen LogP contribution in [0.1, 0.15) is 52.4 Å². The molecule has 0 radical (unpaired) electrons. The Labute approximate surface area is 99.2 Å². The molecule has 1 saturated carbocycles. The summed E-state index contributed by atoms with van der Waals surface area (Å²) in [4.78, 5) is 11.7. The topological polar surface area (TPSA) is 55.1 Å². The van der Waals surface area contributed by atoms with Crippen LogP contribution in [-0.2, 0) is 4.79 Å². The quantitative estimate of drug-likeness (QED) is 0.754. The summed E-state index contributed by atoms with van der Waals surface area (Å²) in [6.45, 7) is 5.14. The molecule has 1 aliphatic rings. The van der Waals surface area contributed by atoms with E-state index in [1.165, 1.54) is 0 Å². The minimum atomic E-state index is 0.223. The van der Waals surface area contributed by atoms with Gasteiger partial charge in [0, 0.05) is 19.0 Å². The van der Waals surface area contributed by atoms with Crippen molar-refractivity contribution in [3.05, 3.63) is 0 Å². The molecule has 1 rings (SSSR count). The van der Waals surface area contributed by atoms with Crippen LogP contribution in [0.4, 0.5) is 0 Å². The molecule has 1 unspecified atom stereocenters. The normalized spacial score (nSPS) is 27.4. The van der Waals surface area contributed by atoms with Gasteiger partial charge in [-0.15, -0.1) is 0 Å². The maximum atomic E-state index is 11.7. The van der Waals surface area contributed by atoms with Crippen LogP contribution >= 0.6 is 0 Å². The molecule has 0 spiro atoms. The second kappa shape index (κ2) is 6.89. The molecule has 0 saturated heterocycles. The Balaban J connectivity index is 2.14. The van der Waals surface area contributed by atoms with Crippen LogP contribution in [0, 0.1) is 11.8 Å². The lowest BCUT2D eigenvalue weighted by Crippen LogP contribution is -2.32. The second-order valence-corrected chi connectivity index (χ2v) is 5.30. The highest BCUT2D eigenvalue weighted by molar-refractivity contribution is 5.76. The Kier molecular flexibility index (Phi) is 5.81. The van der Waals surface area contributed by atoms with E-state index < -0.39 is 0 Å². The van der Waals surface area contributed by atoms with E-state index in [1.54, 1.807) is 0 Å². The van der Waals surface area contributed by atoms with Crippen molar-refractivity contribution < 1.29 is 4.79 Å². The van der Waals surface area contributed by atoms with E-state index in [9.17, 15) is 4.79 Å². The van der Waals surface area contributed by atoms with Gasteiger partial charge in [-0.1, -0.05) is 20.3 Å². The molecule has 3 heteroatoms. The van der Waals surface area contributed by atoms with Crippen molar-refractivity contribution in [2.45, 2.75) is 58.4 Å². The molecule has 0 bridgehead atoms. The van der Waals surface area contributed by atoms with Crippen LogP contribution in [-0.4, -0.2) is 18.5 Å². The summed E-state index contributed by atoms with van der Waals surface area (Å²) in [5.74, 6) is 1.38. The zero-order valence-electron chi connectivity index (χ0n) is 10.7. The van der Waals surface area contributed by atoms with Crippen LogP contribution in [0.25, 0.3) is 0 Å². The lowest BCUT2D eigenvalue weighted by atomic mass is 9.84. The van der Waals surface area contributed by atoms with Crippen LogP contribution in [0.15, 0.2) is 0 Å². The summed E-state index contributed by atoms with van der Waals surface area (Å²) in [5, 5.41) is 3.02. The van der Waals surface area contributed by atoms with E-state index in [2.05, 4.69) is 19.2 Å². The molecule has 94 valence electrons. The molecule has 0 aromatic rings. The van der Waals surface area contributed by atoms with Crippen LogP contribution < -0.4 is 11.1 Å². The zero-order valence-corrected chi connectivity index (χ0v) is 10.7. The van der Waals surface area contributed by atoms with Crippen molar-refractivity contribution in [2.24, 2.45) is 17.6 Å². The first-order chi connectivity index (χ1) is 7.61. The van der Waals surface area contributed by atoms with E-state index in [1.807, 2.05) is 0 Å². The highest BCUT2D eigenvalue weighted by Gasteiger charge is 2.20. The van der Waals surface area contributed by atoms with E-state index in [0.29, 0.717) is 24.3 Å². The number of carbonyl (C=O) groups excluding carboxylic acids is 1. The van der Waals surface area contributed by atoms with Crippen molar-refractivity contribution in [2.75, 3.05) is 6.54 Å². The Morgan fingerprint density at radius 1 is 1.38 bits per heavy atom. The van der Waals surface area contributed by atoms with Gasteiger partial charge in [0.1, 0.15) is 0 Å². The summed E-state index contributed by atoms with van der Waals surface area (Å²) >= 11 is 0. The molecular formula is C13H26N2O.